The lowest BCUT2D eigenvalue weighted by Gasteiger charge is -2.20. The molecule has 0 saturated carbocycles. The maximum Gasteiger partial charge on any atom is 0.238 e. The Balaban J connectivity index is 2.58. The van der Waals surface area contributed by atoms with Crippen LogP contribution in [0.3, 0.4) is 0 Å². The topological polar surface area (TPSA) is 52.6 Å². The van der Waals surface area contributed by atoms with Gasteiger partial charge in [0.25, 0.3) is 0 Å². The SMILES string of the molecule is CCCN(CCO)CC(=O)Nc1ccc(Cl)cc1Cl. The Bertz CT molecular complexity index is 421. The van der Waals surface area contributed by atoms with E-state index >= 15 is 0 Å². The lowest BCUT2D eigenvalue weighted by atomic mass is 10.3. The zero-order valence-corrected chi connectivity index (χ0v) is 12.3. The van der Waals surface area contributed by atoms with Gasteiger partial charge in [0.15, 0.2) is 0 Å². The van der Waals surface area contributed by atoms with E-state index in [1.807, 2.05) is 11.8 Å². The quantitative estimate of drug-likeness (QED) is 0.814. The van der Waals surface area contributed by atoms with Gasteiger partial charge in [0.2, 0.25) is 5.91 Å². The molecule has 106 valence electrons. The average Bonchev–Trinajstić information content (AvgIpc) is 2.33. The first-order valence-electron chi connectivity index (χ1n) is 6.15. The molecule has 6 heteroatoms. The van der Waals surface area contributed by atoms with Crippen LogP contribution in [0.5, 0.6) is 0 Å². The molecule has 19 heavy (non-hydrogen) atoms. The molecular formula is C13H18Cl2N2O2. The summed E-state index contributed by atoms with van der Waals surface area (Å²) in [5.41, 5.74) is 0.538. The number of anilines is 1. The Morgan fingerprint density at radius 1 is 1.37 bits per heavy atom. The largest absolute Gasteiger partial charge is 0.395 e. The summed E-state index contributed by atoms with van der Waals surface area (Å²) >= 11 is 11.8. The highest BCUT2D eigenvalue weighted by Crippen LogP contribution is 2.25. The zero-order valence-electron chi connectivity index (χ0n) is 10.8. The summed E-state index contributed by atoms with van der Waals surface area (Å²) in [7, 11) is 0. The van der Waals surface area contributed by atoms with Crippen molar-refractivity contribution in [2.24, 2.45) is 0 Å². The molecule has 1 aromatic carbocycles. The van der Waals surface area contributed by atoms with Gasteiger partial charge in [0.05, 0.1) is 23.9 Å². The number of benzene rings is 1. The second-order valence-corrected chi connectivity index (χ2v) is 5.02. The van der Waals surface area contributed by atoms with Crippen molar-refractivity contribution in [2.75, 3.05) is 31.6 Å². The lowest BCUT2D eigenvalue weighted by molar-refractivity contribution is -0.117. The van der Waals surface area contributed by atoms with Crippen molar-refractivity contribution in [1.82, 2.24) is 4.90 Å². The third-order valence-electron chi connectivity index (χ3n) is 2.53. The fourth-order valence-corrected chi connectivity index (χ4v) is 2.17. The number of hydrogen-bond donors (Lipinski definition) is 2. The molecule has 0 aliphatic carbocycles. The van der Waals surface area contributed by atoms with Crippen molar-refractivity contribution in [3.05, 3.63) is 28.2 Å². The summed E-state index contributed by atoms with van der Waals surface area (Å²) in [6, 6.07) is 4.91. The molecule has 0 unspecified atom stereocenters. The Kier molecular flexibility index (Phi) is 7.16. The summed E-state index contributed by atoms with van der Waals surface area (Å²) in [5.74, 6) is -0.161. The smallest absolute Gasteiger partial charge is 0.238 e. The molecule has 0 atom stereocenters. The van der Waals surface area contributed by atoms with Crippen molar-refractivity contribution >= 4 is 34.8 Å². The van der Waals surface area contributed by atoms with E-state index in [9.17, 15) is 4.79 Å². The van der Waals surface area contributed by atoms with E-state index < -0.39 is 0 Å². The number of amides is 1. The Morgan fingerprint density at radius 2 is 2.11 bits per heavy atom. The van der Waals surface area contributed by atoms with E-state index in [2.05, 4.69) is 5.32 Å². The third kappa shape index (κ3) is 5.78. The van der Waals surface area contributed by atoms with Gasteiger partial charge in [0, 0.05) is 11.6 Å². The molecule has 0 radical (unpaired) electrons. The predicted molar refractivity (Wildman–Crippen MR) is 78.9 cm³/mol. The first kappa shape index (κ1) is 16.2. The molecule has 0 spiro atoms. The second kappa shape index (κ2) is 8.38. The van der Waals surface area contributed by atoms with Gasteiger partial charge in [-0.05, 0) is 31.2 Å². The number of rotatable bonds is 7. The van der Waals surface area contributed by atoms with Crippen LogP contribution in [0.15, 0.2) is 18.2 Å². The highest BCUT2D eigenvalue weighted by Gasteiger charge is 2.11. The van der Waals surface area contributed by atoms with Gasteiger partial charge < -0.3 is 10.4 Å². The van der Waals surface area contributed by atoms with Gasteiger partial charge in [-0.3, -0.25) is 9.69 Å². The van der Waals surface area contributed by atoms with Crippen molar-refractivity contribution < 1.29 is 9.90 Å². The molecule has 0 saturated heterocycles. The van der Waals surface area contributed by atoms with Crippen LogP contribution in [0.4, 0.5) is 5.69 Å². The maximum absolute atomic E-state index is 11.9. The molecule has 0 aliphatic rings. The van der Waals surface area contributed by atoms with E-state index in [0.717, 1.165) is 13.0 Å². The summed E-state index contributed by atoms with van der Waals surface area (Å²) in [5, 5.41) is 12.6. The number of carbonyl (C=O) groups excluding carboxylic acids is 1. The predicted octanol–water partition coefficient (Wildman–Crippen LogP) is 2.64. The molecule has 2 N–H and O–H groups in total. The number of hydrogen-bond acceptors (Lipinski definition) is 3. The lowest BCUT2D eigenvalue weighted by Crippen LogP contribution is -2.35. The first-order chi connectivity index (χ1) is 9.06. The number of nitrogens with one attached hydrogen (secondary N) is 1. The highest BCUT2D eigenvalue weighted by atomic mass is 35.5. The second-order valence-electron chi connectivity index (χ2n) is 4.17. The number of aliphatic hydroxyl groups is 1. The summed E-state index contributed by atoms with van der Waals surface area (Å²) in [4.78, 5) is 13.8. The molecular weight excluding hydrogens is 287 g/mol. The first-order valence-corrected chi connectivity index (χ1v) is 6.90. The minimum atomic E-state index is -0.161. The van der Waals surface area contributed by atoms with E-state index in [0.29, 0.717) is 22.3 Å². The van der Waals surface area contributed by atoms with Crippen LogP contribution in [-0.2, 0) is 4.79 Å². The number of aliphatic hydroxyl groups excluding tert-OH is 1. The summed E-state index contributed by atoms with van der Waals surface area (Å²) < 4.78 is 0. The van der Waals surface area contributed by atoms with Crippen molar-refractivity contribution in [3.63, 3.8) is 0 Å². The number of carbonyl (C=O) groups is 1. The summed E-state index contributed by atoms with van der Waals surface area (Å²) in [6.07, 6.45) is 0.926. The molecule has 0 fully saturated rings. The number of halogens is 2. The number of nitrogens with zero attached hydrogens (tertiary/aromatic N) is 1. The molecule has 1 aromatic rings. The van der Waals surface area contributed by atoms with Gasteiger partial charge in [-0.1, -0.05) is 30.1 Å². The van der Waals surface area contributed by atoms with Crippen molar-refractivity contribution in [3.8, 4) is 0 Å². The molecule has 1 amide bonds. The van der Waals surface area contributed by atoms with Crippen LogP contribution in [-0.4, -0.2) is 42.2 Å². The Morgan fingerprint density at radius 3 is 2.68 bits per heavy atom. The van der Waals surface area contributed by atoms with E-state index in [1.54, 1.807) is 18.2 Å². The van der Waals surface area contributed by atoms with E-state index in [-0.39, 0.29) is 19.1 Å². The van der Waals surface area contributed by atoms with Crippen LogP contribution < -0.4 is 5.32 Å². The highest BCUT2D eigenvalue weighted by molar-refractivity contribution is 6.36. The summed E-state index contributed by atoms with van der Waals surface area (Å²) in [6.45, 7) is 3.54. The molecule has 1 rings (SSSR count). The minimum absolute atomic E-state index is 0.0367. The standard InChI is InChI=1S/C13H18Cl2N2O2/c1-2-5-17(6-7-18)9-13(19)16-12-4-3-10(14)8-11(12)15/h3-4,8,18H,2,5-7,9H2,1H3,(H,16,19). The Labute approximate surface area is 123 Å². The molecule has 0 heterocycles. The molecule has 0 bridgehead atoms. The van der Waals surface area contributed by atoms with Crippen LogP contribution in [0.2, 0.25) is 10.0 Å². The average molecular weight is 305 g/mol. The Hall–Kier alpha value is -0.810. The van der Waals surface area contributed by atoms with Gasteiger partial charge in [0.1, 0.15) is 0 Å². The van der Waals surface area contributed by atoms with Crippen LogP contribution in [0, 0.1) is 0 Å². The normalized spacial score (nSPS) is 10.8. The third-order valence-corrected chi connectivity index (χ3v) is 3.08. The maximum atomic E-state index is 11.9. The monoisotopic (exact) mass is 304 g/mol. The van der Waals surface area contributed by atoms with Gasteiger partial charge in [-0.15, -0.1) is 0 Å². The van der Waals surface area contributed by atoms with Crippen LogP contribution >= 0.6 is 23.2 Å². The van der Waals surface area contributed by atoms with E-state index in [4.69, 9.17) is 28.3 Å². The van der Waals surface area contributed by atoms with Crippen molar-refractivity contribution in [1.29, 1.82) is 0 Å². The van der Waals surface area contributed by atoms with Gasteiger partial charge in [-0.2, -0.15) is 0 Å². The van der Waals surface area contributed by atoms with Crippen molar-refractivity contribution in [2.45, 2.75) is 13.3 Å². The fourth-order valence-electron chi connectivity index (χ4n) is 1.71. The van der Waals surface area contributed by atoms with Crippen LogP contribution in [0.1, 0.15) is 13.3 Å². The molecule has 4 nitrogen and oxygen atoms in total. The van der Waals surface area contributed by atoms with Gasteiger partial charge >= 0.3 is 0 Å². The van der Waals surface area contributed by atoms with Gasteiger partial charge in [-0.25, -0.2) is 0 Å². The molecule has 0 aliphatic heterocycles. The zero-order chi connectivity index (χ0) is 14.3. The van der Waals surface area contributed by atoms with Crippen LogP contribution in [0.25, 0.3) is 0 Å². The fraction of sp³-hybridized carbons (Fsp3) is 0.462. The minimum Gasteiger partial charge on any atom is -0.395 e. The molecule has 0 aromatic heterocycles. The van der Waals surface area contributed by atoms with E-state index in [1.165, 1.54) is 0 Å².